The summed E-state index contributed by atoms with van der Waals surface area (Å²) < 4.78 is 43.5. The number of carbonyl (C=O) groups excluding carboxylic acids is 1. The van der Waals surface area contributed by atoms with Crippen molar-refractivity contribution < 1.29 is 22.7 Å². The van der Waals surface area contributed by atoms with Gasteiger partial charge in [0.15, 0.2) is 5.82 Å². The fourth-order valence-corrected chi connectivity index (χ4v) is 3.86. The van der Waals surface area contributed by atoms with Crippen molar-refractivity contribution in [2.45, 2.75) is 12.7 Å². The third kappa shape index (κ3) is 4.65. The van der Waals surface area contributed by atoms with Gasteiger partial charge >= 0.3 is 12.2 Å². The molecule has 2 aromatic carbocycles. The van der Waals surface area contributed by atoms with Gasteiger partial charge in [0.2, 0.25) is 0 Å². The molecule has 3 heterocycles. The number of fused-ring (bicyclic) bond motifs is 1. The average molecular weight is 495 g/mol. The van der Waals surface area contributed by atoms with E-state index in [1.165, 1.54) is 23.5 Å². The molecule has 12 heteroatoms. The second-order valence-electron chi connectivity index (χ2n) is 7.94. The number of pyridine rings is 1. The maximum Gasteiger partial charge on any atom is 0.405 e. The number of carbonyl (C=O) groups is 1. The Bertz CT molecular complexity index is 1360. The Hall–Kier alpha value is -4.61. The summed E-state index contributed by atoms with van der Waals surface area (Å²) in [4.78, 5) is 25.2. The number of methoxy groups -OCH3 is 1. The molecule has 1 aliphatic rings. The van der Waals surface area contributed by atoms with E-state index in [4.69, 9.17) is 4.74 Å². The molecular formula is C24H20F3N7O2. The maximum atomic E-state index is 13.7. The Labute approximate surface area is 203 Å². The third-order valence-corrected chi connectivity index (χ3v) is 5.61. The van der Waals surface area contributed by atoms with Crippen LogP contribution in [-0.2, 0) is 6.54 Å². The maximum absolute atomic E-state index is 13.7. The predicted octanol–water partition coefficient (Wildman–Crippen LogP) is 5.13. The van der Waals surface area contributed by atoms with E-state index in [9.17, 15) is 18.0 Å². The van der Waals surface area contributed by atoms with Crippen LogP contribution in [-0.4, -0.2) is 46.0 Å². The molecule has 0 fully saturated rings. The first-order valence-electron chi connectivity index (χ1n) is 10.8. The number of anilines is 4. The summed E-state index contributed by atoms with van der Waals surface area (Å²) in [6, 6.07) is 15.1. The van der Waals surface area contributed by atoms with Gasteiger partial charge in [-0.25, -0.2) is 9.78 Å². The van der Waals surface area contributed by atoms with Crippen molar-refractivity contribution in [1.29, 1.82) is 0 Å². The Morgan fingerprint density at radius 3 is 2.42 bits per heavy atom. The minimum Gasteiger partial charge on any atom is -0.497 e. The minimum absolute atomic E-state index is 0.146. The lowest BCUT2D eigenvalue weighted by molar-refractivity contribution is -0.115. The summed E-state index contributed by atoms with van der Waals surface area (Å²) in [6.45, 7) is -1.07. The molecule has 0 saturated heterocycles. The Balaban J connectivity index is 1.54. The summed E-state index contributed by atoms with van der Waals surface area (Å²) in [5.74, 6) is 1.20. The fourth-order valence-electron chi connectivity index (χ4n) is 3.86. The molecule has 2 aromatic heterocycles. The van der Waals surface area contributed by atoms with E-state index in [1.807, 2.05) is 0 Å². The van der Waals surface area contributed by atoms with Crippen LogP contribution >= 0.6 is 0 Å². The van der Waals surface area contributed by atoms with Crippen molar-refractivity contribution in [3.05, 3.63) is 72.8 Å². The number of halogens is 3. The highest BCUT2D eigenvalue weighted by Gasteiger charge is 2.34. The first kappa shape index (κ1) is 23.1. The standard InChI is InChI=1S/C24H20F3N7O2/c1-36-19-8-6-17(7-9-19)33-12-20-21(10-16(11-28-20)29-13-24(25,26)27)34(23(33)35)18-4-2-15(3-5-18)22-30-14-31-32-22/h2-11,14,29H,12-13H2,1H3,(H,30,31,32). The van der Waals surface area contributed by atoms with Gasteiger partial charge in [-0.2, -0.15) is 18.3 Å². The number of H-pyrrole nitrogens is 1. The molecule has 1 aliphatic heterocycles. The minimum atomic E-state index is -4.40. The second kappa shape index (κ2) is 9.21. The molecule has 0 bridgehead atoms. The normalized spacial score (nSPS) is 13.5. The number of hydrogen-bond donors (Lipinski definition) is 2. The third-order valence-electron chi connectivity index (χ3n) is 5.61. The van der Waals surface area contributed by atoms with Crippen LogP contribution in [0.4, 0.5) is 40.7 Å². The highest BCUT2D eigenvalue weighted by Crippen LogP contribution is 2.38. The first-order chi connectivity index (χ1) is 17.3. The molecule has 0 spiro atoms. The summed E-state index contributed by atoms with van der Waals surface area (Å²) in [7, 11) is 1.55. The van der Waals surface area contributed by atoms with E-state index in [1.54, 1.807) is 60.5 Å². The highest BCUT2D eigenvalue weighted by atomic mass is 19.4. The summed E-state index contributed by atoms with van der Waals surface area (Å²) >= 11 is 0. The molecule has 0 atom stereocenters. The number of aromatic nitrogens is 4. The van der Waals surface area contributed by atoms with Crippen LogP contribution in [0.15, 0.2) is 67.1 Å². The van der Waals surface area contributed by atoms with Gasteiger partial charge < -0.3 is 10.1 Å². The van der Waals surface area contributed by atoms with Crippen molar-refractivity contribution in [3.8, 4) is 17.1 Å². The van der Waals surface area contributed by atoms with E-state index in [0.717, 1.165) is 5.56 Å². The number of amides is 2. The molecule has 5 rings (SSSR count). The van der Waals surface area contributed by atoms with Crippen LogP contribution < -0.4 is 19.9 Å². The SMILES string of the molecule is COc1ccc(N2Cc3ncc(NCC(F)(F)F)cc3N(c3ccc(-c4ncn[nH]4)cc3)C2=O)cc1. The van der Waals surface area contributed by atoms with Crippen LogP contribution in [0, 0.1) is 0 Å². The summed E-state index contributed by atoms with van der Waals surface area (Å²) in [5.41, 5.74) is 2.96. The van der Waals surface area contributed by atoms with Gasteiger partial charge in [-0.3, -0.25) is 19.9 Å². The summed E-state index contributed by atoms with van der Waals surface area (Å²) in [6.07, 6.45) is -1.67. The van der Waals surface area contributed by atoms with Gasteiger partial charge in [-0.15, -0.1) is 0 Å². The van der Waals surface area contributed by atoms with E-state index in [-0.39, 0.29) is 18.3 Å². The number of nitrogens with zero attached hydrogens (tertiary/aromatic N) is 5. The predicted molar refractivity (Wildman–Crippen MR) is 127 cm³/mol. The van der Waals surface area contributed by atoms with Gasteiger partial charge in [0, 0.05) is 11.3 Å². The molecule has 0 radical (unpaired) electrons. The molecular weight excluding hydrogens is 475 g/mol. The van der Waals surface area contributed by atoms with E-state index < -0.39 is 12.7 Å². The van der Waals surface area contributed by atoms with Crippen LogP contribution in [0.25, 0.3) is 11.4 Å². The Kier molecular flexibility index (Phi) is 5.92. The fraction of sp³-hybridized carbons (Fsp3) is 0.167. The largest absolute Gasteiger partial charge is 0.497 e. The molecule has 2 amide bonds. The van der Waals surface area contributed by atoms with Crippen LogP contribution in [0.3, 0.4) is 0 Å². The zero-order valence-corrected chi connectivity index (χ0v) is 19.0. The quantitative estimate of drug-likeness (QED) is 0.385. The van der Waals surface area contributed by atoms with E-state index >= 15 is 0 Å². The lowest BCUT2D eigenvalue weighted by atomic mass is 10.1. The van der Waals surface area contributed by atoms with E-state index in [2.05, 4.69) is 25.5 Å². The Morgan fingerprint density at radius 2 is 1.78 bits per heavy atom. The number of nitrogens with one attached hydrogen (secondary N) is 2. The molecule has 0 unspecified atom stereocenters. The molecule has 2 N–H and O–H groups in total. The van der Waals surface area contributed by atoms with Crippen LogP contribution in [0.5, 0.6) is 5.75 Å². The number of ether oxygens (including phenoxy) is 1. The van der Waals surface area contributed by atoms with Crippen molar-refractivity contribution in [3.63, 3.8) is 0 Å². The zero-order valence-electron chi connectivity index (χ0n) is 19.0. The van der Waals surface area contributed by atoms with Gasteiger partial charge in [-0.05, 0) is 54.6 Å². The average Bonchev–Trinajstić information content (AvgIpc) is 3.42. The van der Waals surface area contributed by atoms with Crippen molar-refractivity contribution in [1.82, 2.24) is 20.2 Å². The second-order valence-corrected chi connectivity index (χ2v) is 7.94. The van der Waals surface area contributed by atoms with Gasteiger partial charge in [0.25, 0.3) is 0 Å². The molecule has 9 nitrogen and oxygen atoms in total. The lowest BCUT2D eigenvalue weighted by Crippen LogP contribution is -2.45. The number of aromatic amines is 1. The number of hydrogen-bond acceptors (Lipinski definition) is 6. The van der Waals surface area contributed by atoms with Gasteiger partial charge in [-0.1, -0.05) is 0 Å². The van der Waals surface area contributed by atoms with E-state index in [0.29, 0.717) is 34.3 Å². The number of urea groups is 1. The number of benzene rings is 2. The van der Waals surface area contributed by atoms with Crippen LogP contribution in [0.2, 0.25) is 0 Å². The smallest absolute Gasteiger partial charge is 0.405 e. The highest BCUT2D eigenvalue weighted by molar-refractivity contribution is 6.11. The van der Waals surface area contributed by atoms with Crippen molar-refractivity contribution in [2.24, 2.45) is 0 Å². The monoisotopic (exact) mass is 495 g/mol. The number of alkyl halides is 3. The van der Waals surface area contributed by atoms with Gasteiger partial charge in [0.05, 0.1) is 42.6 Å². The lowest BCUT2D eigenvalue weighted by Gasteiger charge is -2.36. The number of rotatable bonds is 6. The van der Waals surface area contributed by atoms with Crippen molar-refractivity contribution in [2.75, 3.05) is 28.8 Å². The molecule has 0 saturated carbocycles. The first-order valence-corrected chi connectivity index (χ1v) is 10.8. The molecule has 4 aromatic rings. The van der Waals surface area contributed by atoms with Crippen molar-refractivity contribution >= 4 is 28.8 Å². The Morgan fingerprint density at radius 1 is 1.06 bits per heavy atom. The summed E-state index contributed by atoms with van der Waals surface area (Å²) in [5, 5.41) is 8.95. The zero-order chi connectivity index (χ0) is 25.3. The molecule has 0 aliphatic carbocycles. The topological polar surface area (TPSA) is 99.3 Å². The van der Waals surface area contributed by atoms with Gasteiger partial charge in [0.1, 0.15) is 18.6 Å². The van der Waals surface area contributed by atoms with Crippen LogP contribution in [0.1, 0.15) is 5.69 Å². The molecule has 36 heavy (non-hydrogen) atoms. The molecule has 184 valence electrons.